The average molecular weight is 908 g/mol. The van der Waals surface area contributed by atoms with E-state index in [4.69, 9.17) is 19.2 Å². The summed E-state index contributed by atoms with van der Waals surface area (Å²) in [4.78, 5) is 71.3. The van der Waals surface area contributed by atoms with Crippen LogP contribution in [0.15, 0.2) is 54.2 Å². The van der Waals surface area contributed by atoms with E-state index in [1.165, 1.54) is 31.8 Å². The average Bonchev–Trinajstić information content (AvgIpc) is 4.15. The van der Waals surface area contributed by atoms with Gasteiger partial charge in [-0.05, 0) is 79.4 Å². The van der Waals surface area contributed by atoms with Gasteiger partial charge in [0, 0.05) is 35.0 Å². The molecule has 0 saturated carbocycles. The summed E-state index contributed by atoms with van der Waals surface area (Å²) in [5.74, 6) is 0.249. The predicted molar refractivity (Wildman–Crippen MR) is 237 cm³/mol. The molecule has 3 aliphatic rings. The van der Waals surface area contributed by atoms with E-state index < -0.39 is 36.3 Å². The number of hydrogen-bond donors (Lipinski definition) is 4. The Morgan fingerprint density at radius 1 is 0.815 bits per heavy atom. The number of ether oxygens (including phenoxy) is 3. The third-order valence-corrected chi connectivity index (χ3v) is 13.1. The van der Waals surface area contributed by atoms with Gasteiger partial charge in [0.05, 0.1) is 66.9 Å². The smallest absolute Gasteiger partial charge is 0.407 e. The Kier molecular flexibility index (Phi) is 11.8. The van der Waals surface area contributed by atoms with E-state index in [2.05, 4.69) is 35.2 Å². The molecule has 2 fully saturated rings. The highest BCUT2D eigenvalue weighted by Crippen LogP contribution is 2.47. The van der Waals surface area contributed by atoms with Crippen LogP contribution < -0.4 is 15.4 Å². The number of aromatic nitrogens is 7. The lowest BCUT2D eigenvalue weighted by molar-refractivity contribution is -0.136. The first-order valence-corrected chi connectivity index (χ1v) is 22.5. The van der Waals surface area contributed by atoms with Crippen molar-refractivity contribution >= 4 is 46.4 Å². The second-order valence-electron chi connectivity index (χ2n) is 17.3. The highest BCUT2D eigenvalue weighted by atomic mass is 32.1. The van der Waals surface area contributed by atoms with Gasteiger partial charge in [0.15, 0.2) is 0 Å². The molecule has 1 unspecified atom stereocenters. The minimum absolute atomic E-state index is 0.157. The third kappa shape index (κ3) is 8.03. The topological polar surface area (TPSA) is 215 Å². The molecule has 4 N–H and O–H groups in total. The van der Waals surface area contributed by atoms with Gasteiger partial charge < -0.3 is 44.6 Å². The zero-order chi connectivity index (χ0) is 45.7. The largest absolute Gasteiger partial charge is 0.463 e. The molecule has 5 atom stereocenters. The molecule has 0 aliphatic carbocycles. The predicted octanol–water partition coefficient (Wildman–Crippen LogP) is 7.11. The number of nitrogens with zero attached hydrogens (tertiary/aromatic N) is 7. The van der Waals surface area contributed by atoms with Crippen molar-refractivity contribution in [2.75, 3.05) is 27.3 Å². The number of aromatic amines is 2. The molecule has 4 aromatic heterocycles. The van der Waals surface area contributed by atoms with Gasteiger partial charge in [-0.15, -0.1) is 5.10 Å². The van der Waals surface area contributed by atoms with E-state index in [1.54, 1.807) is 33.6 Å². The number of halogens is 1. The molecule has 0 spiro atoms. The maximum absolute atomic E-state index is 16.7. The van der Waals surface area contributed by atoms with E-state index in [-0.39, 0.29) is 41.3 Å². The van der Waals surface area contributed by atoms with Crippen molar-refractivity contribution in [2.45, 2.75) is 83.8 Å². The van der Waals surface area contributed by atoms with Crippen molar-refractivity contribution in [1.82, 2.24) is 54.5 Å². The number of alkyl carbamates (subject to hydrolysis) is 2. The summed E-state index contributed by atoms with van der Waals surface area (Å²) in [6.45, 7) is 8.51. The summed E-state index contributed by atoms with van der Waals surface area (Å²) >= 11 is 1.19. The summed E-state index contributed by atoms with van der Waals surface area (Å²) in [6, 6.07) is 8.88. The van der Waals surface area contributed by atoms with Crippen LogP contribution in [0.2, 0.25) is 0 Å². The molecule has 18 nitrogen and oxygen atoms in total. The Hall–Kier alpha value is -6.83. The number of rotatable bonds is 11. The molecule has 7 heterocycles. The van der Waals surface area contributed by atoms with Gasteiger partial charge >= 0.3 is 12.2 Å². The van der Waals surface area contributed by atoms with Gasteiger partial charge in [-0.25, -0.2) is 23.9 Å². The molecule has 20 heteroatoms. The maximum atomic E-state index is 16.7. The van der Waals surface area contributed by atoms with Crippen LogP contribution in [0.3, 0.4) is 0 Å². The van der Waals surface area contributed by atoms with Gasteiger partial charge in [0.1, 0.15) is 41.0 Å². The number of amides is 4. The number of fused-ring (bicyclic) bond motifs is 5. The fourth-order valence-electron chi connectivity index (χ4n) is 9.26. The molecule has 3 aliphatic heterocycles. The summed E-state index contributed by atoms with van der Waals surface area (Å²) in [5.41, 5.74) is 4.85. The number of nitrogens with one attached hydrogen (secondary N) is 4. The van der Waals surface area contributed by atoms with Crippen LogP contribution in [0.4, 0.5) is 14.0 Å². The monoisotopic (exact) mass is 907 g/mol. The van der Waals surface area contributed by atoms with E-state index in [1.807, 2.05) is 56.5 Å². The molecule has 4 amide bonds. The lowest BCUT2D eigenvalue weighted by atomic mass is 10.0. The molecular weight excluding hydrogens is 858 g/mol. The number of likely N-dealkylation sites (tertiary alicyclic amines) is 2. The first-order chi connectivity index (χ1) is 31.3. The normalized spacial score (nSPS) is 18.9. The Balaban J connectivity index is 1.01. The molecule has 0 radical (unpaired) electrons. The fourth-order valence-corrected chi connectivity index (χ4v) is 9.72. The van der Waals surface area contributed by atoms with Gasteiger partial charge in [-0.1, -0.05) is 38.2 Å². The highest BCUT2D eigenvalue weighted by molar-refractivity contribution is 7.03. The van der Waals surface area contributed by atoms with Crippen LogP contribution in [0.1, 0.15) is 89.0 Å². The number of hydrogen-bond acceptors (Lipinski definition) is 12. The van der Waals surface area contributed by atoms with Gasteiger partial charge in [0.2, 0.25) is 18.0 Å². The summed E-state index contributed by atoms with van der Waals surface area (Å²) in [5, 5.41) is 12.3. The second-order valence-corrected chi connectivity index (χ2v) is 17.9. The van der Waals surface area contributed by atoms with E-state index >= 15 is 4.39 Å². The minimum atomic E-state index is -0.778. The van der Waals surface area contributed by atoms with Crippen molar-refractivity contribution in [3.05, 3.63) is 77.3 Å². The Morgan fingerprint density at radius 2 is 1.40 bits per heavy atom. The van der Waals surface area contributed by atoms with Crippen LogP contribution in [0, 0.1) is 17.7 Å². The van der Waals surface area contributed by atoms with Crippen molar-refractivity contribution in [3.63, 3.8) is 0 Å². The Bertz CT molecular complexity index is 2770. The van der Waals surface area contributed by atoms with E-state index in [0.717, 1.165) is 35.0 Å². The minimum Gasteiger partial charge on any atom is -0.463 e. The number of methoxy groups -OCH3 is 2. The number of benzene rings is 2. The van der Waals surface area contributed by atoms with Crippen LogP contribution in [0.25, 0.3) is 44.7 Å². The second kappa shape index (κ2) is 17.6. The molecular formula is C45H50FN11O7S. The quantitative estimate of drug-likeness (QED) is 0.103. The van der Waals surface area contributed by atoms with Crippen LogP contribution in [-0.4, -0.2) is 107 Å². The third-order valence-electron chi connectivity index (χ3n) is 12.6. The molecule has 65 heavy (non-hydrogen) atoms. The Morgan fingerprint density at radius 3 is 1.94 bits per heavy atom. The molecule has 2 aromatic carbocycles. The number of carbonyl (C=O) groups is 4. The molecule has 6 aromatic rings. The Labute approximate surface area is 377 Å². The number of carbonyl (C=O) groups excluding carboxylic acids is 4. The lowest BCUT2D eigenvalue weighted by Gasteiger charge is -2.30. The van der Waals surface area contributed by atoms with Crippen LogP contribution >= 0.6 is 11.5 Å². The van der Waals surface area contributed by atoms with E-state index in [0.29, 0.717) is 66.0 Å². The van der Waals surface area contributed by atoms with Crippen LogP contribution in [0.5, 0.6) is 5.75 Å². The SMILES string of the molecule is COC(=O)N[C@H](C(=O)N1CCC[C@H]1c1ncc(-c2cc(F)c3c(c2)OC(c2csnn2)n2c-3cc3cc(-c4cnc([C@@H]5CCCN5C(=O)[C@@H](NC(=O)OC)C(C)C)[nH]4)ccc32)[nH]1)C(C)C. The lowest BCUT2D eigenvalue weighted by Crippen LogP contribution is -2.51. The van der Waals surface area contributed by atoms with Crippen LogP contribution in [-0.2, 0) is 19.1 Å². The highest BCUT2D eigenvalue weighted by Gasteiger charge is 2.40. The zero-order valence-electron chi connectivity index (χ0n) is 36.8. The molecule has 9 rings (SSSR count). The molecule has 0 bridgehead atoms. The fraction of sp³-hybridized carbons (Fsp3) is 0.422. The van der Waals surface area contributed by atoms with Gasteiger partial charge in [0.25, 0.3) is 0 Å². The summed E-state index contributed by atoms with van der Waals surface area (Å²) < 4.78 is 38.9. The van der Waals surface area contributed by atoms with Gasteiger partial charge in [-0.2, -0.15) is 0 Å². The maximum Gasteiger partial charge on any atom is 0.407 e. The first kappa shape index (κ1) is 43.4. The standard InChI is InChI=1S/C45H50FN11O7S/c1-22(2)37(51-44(60)62-5)41(58)55-13-7-9-32(55)39-47-19-28(49-39)24-11-12-31-26(15-24)17-34-36-27(46)16-25(18-35(36)64-43(57(31)34)30-21-65-54-53-30)29-20-48-40(50-29)33-10-8-14-56(33)42(59)38(23(3)4)52-45(61)63-6/h11-12,15-23,32-33,37-38,43H,7-10,13-14H2,1-6H3,(H,47,49)(H,48,50)(H,51,60)(H,52,61)/t32-,33-,37-,38-,43?/m0/s1. The zero-order valence-corrected chi connectivity index (χ0v) is 37.6. The van der Waals surface area contributed by atoms with Crippen molar-refractivity contribution < 1.29 is 37.8 Å². The first-order valence-electron chi connectivity index (χ1n) is 21.7. The summed E-state index contributed by atoms with van der Waals surface area (Å²) in [6.07, 6.45) is 4.19. The van der Waals surface area contributed by atoms with Crippen molar-refractivity contribution in [3.8, 4) is 39.5 Å². The number of H-pyrrole nitrogens is 2. The van der Waals surface area contributed by atoms with Crippen molar-refractivity contribution in [2.24, 2.45) is 11.8 Å². The van der Waals surface area contributed by atoms with E-state index in [9.17, 15) is 19.2 Å². The number of imidazole rings is 2. The van der Waals surface area contributed by atoms with Gasteiger partial charge in [-0.3, -0.25) is 14.2 Å². The molecule has 340 valence electrons. The summed E-state index contributed by atoms with van der Waals surface area (Å²) in [7, 11) is 2.53. The van der Waals surface area contributed by atoms with Crippen molar-refractivity contribution in [1.29, 1.82) is 0 Å². The molecule has 2 saturated heterocycles.